The number of halogens is 3. The van der Waals surface area contributed by atoms with Crippen LogP contribution in [0.1, 0.15) is 17.2 Å². The Morgan fingerprint density at radius 1 is 1.17 bits per heavy atom. The number of benzene rings is 2. The number of rotatable bonds is 3. The Hall–Kier alpha value is -0.900. The molecule has 0 aliphatic rings. The summed E-state index contributed by atoms with van der Waals surface area (Å²) in [6.45, 7) is 0. The lowest BCUT2D eigenvalue weighted by Crippen LogP contribution is -2.18. The fraction of sp³-hybridized carbons (Fsp3) is 0.143. The Morgan fingerprint density at radius 3 is 2.44 bits per heavy atom. The summed E-state index contributed by atoms with van der Waals surface area (Å²) >= 11 is 9.53. The predicted octanol–water partition coefficient (Wildman–Crippen LogP) is 4.55. The van der Waals surface area contributed by atoms with Gasteiger partial charge in [0, 0.05) is 9.50 Å². The van der Waals surface area contributed by atoms with Crippen LogP contribution in [-0.2, 0) is 0 Å². The van der Waals surface area contributed by atoms with Crippen LogP contribution < -0.4 is 5.32 Å². The van der Waals surface area contributed by atoms with E-state index in [1.807, 2.05) is 31.3 Å². The lowest BCUT2D eigenvalue weighted by Gasteiger charge is -2.18. The minimum absolute atomic E-state index is 0.124. The number of hydrogen-bond acceptors (Lipinski definition) is 1. The molecule has 4 heteroatoms. The van der Waals surface area contributed by atoms with Crippen LogP contribution in [0.25, 0.3) is 0 Å². The van der Waals surface area contributed by atoms with Crippen molar-refractivity contribution >= 4 is 27.5 Å². The Balaban J connectivity index is 2.44. The number of hydrogen-bond donors (Lipinski definition) is 1. The summed E-state index contributed by atoms with van der Waals surface area (Å²) in [5, 5.41) is 3.71. The molecule has 0 heterocycles. The Labute approximate surface area is 119 Å². The molecule has 1 nitrogen and oxygen atoms in total. The molecule has 0 fully saturated rings. The molecule has 2 rings (SSSR count). The van der Waals surface area contributed by atoms with Crippen LogP contribution in [-0.4, -0.2) is 7.05 Å². The van der Waals surface area contributed by atoms with Gasteiger partial charge in [-0.3, -0.25) is 0 Å². The quantitative estimate of drug-likeness (QED) is 0.871. The summed E-state index contributed by atoms with van der Waals surface area (Å²) in [6.07, 6.45) is 0. The molecule has 0 bridgehead atoms. The molecule has 0 aliphatic heterocycles. The predicted molar refractivity (Wildman–Crippen MR) is 76.5 cm³/mol. The van der Waals surface area contributed by atoms with E-state index in [4.69, 9.17) is 11.6 Å². The van der Waals surface area contributed by atoms with Crippen molar-refractivity contribution in [2.45, 2.75) is 6.04 Å². The van der Waals surface area contributed by atoms with Crippen LogP contribution in [0.5, 0.6) is 0 Å². The molecule has 0 saturated heterocycles. The zero-order valence-corrected chi connectivity index (χ0v) is 12.1. The largest absolute Gasteiger partial charge is 0.309 e. The molecular formula is C14H12BrClFN. The van der Waals surface area contributed by atoms with Crippen LogP contribution in [0.3, 0.4) is 0 Å². The molecule has 1 N–H and O–H groups in total. The average molecular weight is 329 g/mol. The second-order valence-corrected chi connectivity index (χ2v) is 5.26. The summed E-state index contributed by atoms with van der Waals surface area (Å²) in [4.78, 5) is 0. The number of nitrogens with one attached hydrogen (secondary N) is 1. The first-order valence-electron chi connectivity index (χ1n) is 5.49. The summed E-state index contributed by atoms with van der Waals surface area (Å²) in [7, 11) is 1.83. The molecule has 2 aromatic rings. The van der Waals surface area contributed by atoms with Crippen LogP contribution in [0.2, 0.25) is 5.02 Å². The Morgan fingerprint density at radius 2 is 1.83 bits per heavy atom. The van der Waals surface area contributed by atoms with Gasteiger partial charge in [-0.05, 0) is 48.5 Å². The molecule has 1 atom stereocenters. The highest BCUT2D eigenvalue weighted by atomic mass is 79.9. The van der Waals surface area contributed by atoms with Crippen molar-refractivity contribution in [2.24, 2.45) is 0 Å². The molecule has 0 spiro atoms. The van der Waals surface area contributed by atoms with Crippen molar-refractivity contribution in [3.8, 4) is 0 Å². The average Bonchev–Trinajstić information content (AvgIpc) is 2.37. The standard InChI is InChI=1S/C14H12BrClFN/c1-18-14(9-2-4-10(15)5-3-9)12-8-11(17)6-7-13(12)16/h2-8,14,18H,1H3. The highest BCUT2D eigenvalue weighted by molar-refractivity contribution is 9.10. The van der Waals surface area contributed by atoms with Crippen LogP contribution >= 0.6 is 27.5 Å². The maximum Gasteiger partial charge on any atom is 0.123 e. The zero-order chi connectivity index (χ0) is 13.1. The van der Waals surface area contributed by atoms with Crippen molar-refractivity contribution in [3.63, 3.8) is 0 Å². The van der Waals surface area contributed by atoms with Gasteiger partial charge in [0.05, 0.1) is 6.04 Å². The molecule has 1 unspecified atom stereocenters. The van der Waals surface area contributed by atoms with Crippen molar-refractivity contribution in [1.82, 2.24) is 5.32 Å². The van der Waals surface area contributed by atoms with Crippen LogP contribution in [0.4, 0.5) is 4.39 Å². The molecule has 0 radical (unpaired) electrons. The van der Waals surface area contributed by atoms with Crippen molar-refractivity contribution in [3.05, 3.63) is 68.9 Å². The molecule has 0 saturated carbocycles. The van der Waals surface area contributed by atoms with Crippen molar-refractivity contribution in [1.29, 1.82) is 0 Å². The normalized spacial score (nSPS) is 12.4. The summed E-state index contributed by atoms with van der Waals surface area (Å²) in [6, 6.07) is 12.1. The molecule has 94 valence electrons. The van der Waals surface area contributed by atoms with Gasteiger partial charge >= 0.3 is 0 Å². The fourth-order valence-corrected chi connectivity index (χ4v) is 2.38. The van der Waals surface area contributed by atoms with Gasteiger partial charge in [0.1, 0.15) is 5.82 Å². The van der Waals surface area contributed by atoms with Crippen LogP contribution in [0, 0.1) is 5.82 Å². The third kappa shape index (κ3) is 2.91. The Bertz CT molecular complexity index is 542. The first-order valence-corrected chi connectivity index (χ1v) is 6.66. The minimum Gasteiger partial charge on any atom is -0.309 e. The third-order valence-electron chi connectivity index (χ3n) is 2.76. The molecule has 2 aromatic carbocycles. The second kappa shape index (κ2) is 5.83. The van der Waals surface area contributed by atoms with Gasteiger partial charge in [-0.2, -0.15) is 0 Å². The van der Waals surface area contributed by atoms with E-state index in [1.54, 1.807) is 6.07 Å². The fourth-order valence-electron chi connectivity index (χ4n) is 1.89. The highest BCUT2D eigenvalue weighted by Crippen LogP contribution is 2.29. The van der Waals surface area contributed by atoms with Crippen LogP contribution in [0.15, 0.2) is 46.9 Å². The second-order valence-electron chi connectivity index (χ2n) is 3.94. The van der Waals surface area contributed by atoms with E-state index in [2.05, 4.69) is 21.2 Å². The van der Waals surface area contributed by atoms with Gasteiger partial charge in [-0.25, -0.2) is 4.39 Å². The van der Waals surface area contributed by atoms with E-state index in [1.165, 1.54) is 12.1 Å². The maximum absolute atomic E-state index is 13.3. The van der Waals surface area contributed by atoms with Gasteiger partial charge in [0.15, 0.2) is 0 Å². The zero-order valence-electron chi connectivity index (χ0n) is 9.75. The van der Waals surface area contributed by atoms with E-state index < -0.39 is 0 Å². The van der Waals surface area contributed by atoms with Gasteiger partial charge in [0.2, 0.25) is 0 Å². The first-order chi connectivity index (χ1) is 8.61. The monoisotopic (exact) mass is 327 g/mol. The topological polar surface area (TPSA) is 12.0 Å². The molecule has 18 heavy (non-hydrogen) atoms. The highest BCUT2D eigenvalue weighted by Gasteiger charge is 2.15. The maximum atomic E-state index is 13.3. The lowest BCUT2D eigenvalue weighted by molar-refractivity contribution is 0.617. The first kappa shape index (κ1) is 13.5. The lowest BCUT2D eigenvalue weighted by atomic mass is 9.99. The van der Waals surface area contributed by atoms with E-state index >= 15 is 0 Å². The van der Waals surface area contributed by atoms with E-state index in [0.717, 1.165) is 15.6 Å². The summed E-state index contributed by atoms with van der Waals surface area (Å²) < 4.78 is 14.3. The molecule has 0 aromatic heterocycles. The van der Waals surface area contributed by atoms with Crippen molar-refractivity contribution < 1.29 is 4.39 Å². The molecule has 0 aliphatic carbocycles. The molecular weight excluding hydrogens is 317 g/mol. The summed E-state index contributed by atoms with van der Waals surface area (Å²) in [5.41, 5.74) is 1.77. The van der Waals surface area contributed by atoms with Gasteiger partial charge in [-0.15, -0.1) is 0 Å². The van der Waals surface area contributed by atoms with E-state index in [0.29, 0.717) is 5.02 Å². The van der Waals surface area contributed by atoms with Gasteiger partial charge < -0.3 is 5.32 Å². The smallest absolute Gasteiger partial charge is 0.123 e. The SMILES string of the molecule is CNC(c1ccc(Br)cc1)c1cc(F)ccc1Cl. The van der Waals surface area contributed by atoms with E-state index in [9.17, 15) is 4.39 Å². The third-order valence-corrected chi connectivity index (χ3v) is 3.63. The van der Waals surface area contributed by atoms with Gasteiger partial charge in [0.25, 0.3) is 0 Å². The van der Waals surface area contributed by atoms with Crippen molar-refractivity contribution in [2.75, 3.05) is 7.05 Å². The molecule has 0 amide bonds. The van der Waals surface area contributed by atoms with E-state index in [-0.39, 0.29) is 11.9 Å². The summed E-state index contributed by atoms with van der Waals surface area (Å²) in [5.74, 6) is -0.285. The Kier molecular flexibility index (Phi) is 4.38. The minimum atomic E-state index is -0.285. The van der Waals surface area contributed by atoms with Gasteiger partial charge in [-0.1, -0.05) is 39.7 Å².